The molecule has 0 heterocycles. The molecule has 1 aromatic carbocycles. The molecule has 18 heavy (non-hydrogen) atoms. The number of benzene rings is 1. The summed E-state index contributed by atoms with van der Waals surface area (Å²) in [6, 6.07) is 3.65. The Balaban J connectivity index is 2.36. The molecule has 0 saturated heterocycles. The highest BCUT2D eigenvalue weighted by Gasteiger charge is 2.44. The fourth-order valence-electron chi connectivity index (χ4n) is 2.66. The maximum atomic E-state index is 11.4. The van der Waals surface area contributed by atoms with Crippen LogP contribution < -0.4 is 4.74 Å². The molecule has 0 aliphatic heterocycles. The van der Waals surface area contributed by atoms with Gasteiger partial charge in [-0.15, -0.1) is 0 Å². The minimum absolute atomic E-state index is 0.493. The molecule has 0 spiro atoms. The molecule has 0 aromatic heterocycles. The van der Waals surface area contributed by atoms with Crippen molar-refractivity contribution in [1.29, 1.82) is 0 Å². The van der Waals surface area contributed by atoms with Crippen LogP contribution in [0, 0.1) is 12.3 Å². The number of carboxylic acid groups (broad SMARTS) is 1. The van der Waals surface area contributed by atoms with Crippen LogP contribution in [0.3, 0.4) is 0 Å². The predicted molar refractivity (Wildman–Crippen MR) is 70.4 cm³/mol. The third-order valence-electron chi connectivity index (χ3n) is 3.81. The van der Waals surface area contributed by atoms with E-state index in [9.17, 15) is 9.90 Å². The molecule has 0 radical (unpaired) electrons. The summed E-state index contributed by atoms with van der Waals surface area (Å²) < 4.78 is 5.37. The van der Waals surface area contributed by atoms with Gasteiger partial charge in [0.1, 0.15) is 5.75 Å². The van der Waals surface area contributed by atoms with Gasteiger partial charge in [0, 0.05) is 5.02 Å². The summed E-state index contributed by atoms with van der Waals surface area (Å²) in [4.78, 5) is 11.4. The van der Waals surface area contributed by atoms with Crippen LogP contribution >= 0.6 is 11.6 Å². The van der Waals surface area contributed by atoms with Crippen LogP contribution in [-0.4, -0.2) is 18.2 Å². The van der Waals surface area contributed by atoms with Crippen LogP contribution in [0.25, 0.3) is 0 Å². The number of aliphatic carboxylic acids is 1. The maximum absolute atomic E-state index is 11.4. The SMILES string of the molecule is COc1c(C)cc(Cl)cc1CC1(C(=O)O)CCC1. The van der Waals surface area contributed by atoms with Gasteiger partial charge in [0.2, 0.25) is 0 Å². The number of hydrogen-bond acceptors (Lipinski definition) is 2. The van der Waals surface area contributed by atoms with E-state index < -0.39 is 11.4 Å². The summed E-state index contributed by atoms with van der Waals surface area (Å²) in [7, 11) is 1.61. The van der Waals surface area contributed by atoms with Crippen molar-refractivity contribution >= 4 is 17.6 Å². The van der Waals surface area contributed by atoms with E-state index in [4.69, 9.17) is 16.3 Å². The van der Waals surface area contributed by atoms with Crippen LogP contribution in [0.1, 0.15) is 30.4 Å². The Morgan fingerprint density at radius 3 is 2.61 bits per heavy atom. The standard InChI is InChI=1S/C14H17ClO3/c1-9-6-11(15)7-10(12(9)18-2)8-14(13(16)17)4-3-5-14/h6-7H,3-5,8H2,1-2H3,(H,16,17). The number of aryl methyl sites for hydroxylation is 1. The van der Waals surface area contributed by atoms with E-state index in [1.807, 2.05) is 19.1 Å². The highest BCUT2D eigenvalue weighted by molar-refractivity contribution is 6.30. The van der Waals surface area contributed by atoms with Gasteiger partial charge in [-0.05, 0) is 49.4 Å². The van der Waals surface area contributed by atoms with Crippen molar-refractivity contribution in [2.45, 2.75) is 32.6 Å². The Kier molecular flexibility index (Phi) is 3.53. The Morgan fingerprint density at radius 1 is 1.50 bits per heavy atom. The van der Waals surface area contributed by atoms with Crippen LogP contribution in [-0.2, 0) is 11.2 Å². The Morgan fingerprint density at radius 2 is 2.17 bits per heavy atom. The highest BCUT2D eigenvalue weighted by Crippen LogP contribution is 2.46. The monoisotopic (exact) mass is 268 g/mol. The maximum Gasteiger partial charge on any atom is 0.309 e. The van der Waals surface area contributed by atoms with Gasteiger partial charge in [0.25, 0.3) is 0 Å². The zero-order valence-electron chi connectivity index (χ0n) is 10.6. The summed E-state index contributed by atoms with van der Waals surface area (Å²) in [6.07, 6.45) is 2.94. The summed E-state index contributed by atoms with van der Waals surface area (Å²) in [5, 5.41) is 10.0. The van der Waals surface area contributed by atoms with E-state index in [2.05, 4.69) is 0 Å². The lowest BCUT2D eigenvalue weighted by molar-refractivity contribution is -0.154. The first-order valence-corrected chi connectivity index (χ1v) is 6.43. The second-order valence-electron chi connectivity index (χ2n) is 5.03. The molecule has 1 aliphatic carbocycles. The average Bonchev–Trinajstić information content (AvgIpc) is 2.22. The van der Waals surface area contributed by atoms with E-state index in [-0.39, 0.29) is 0 Å². The van der Waals surface area contributed by atoms with Crippen molar-refractivity contribution < 1.29 is 14.6 Å². The first-order chi connectivity index (χ1) is 8.48. The van der Waals surface area contributed by atoms with Crippen molar-refractivity contribution in [2.75, 3.05) is 7.11 Å². The Hall–Kier alpha value is -1.22. The molecule has 4 heteroatoms. The Labute approximate surface area is 112 Å². The van der Waals surface area contributed by atoms with E-state index in [0.717, 1.165) is 36.1 Å². The number of halogens is 1. The third kappa shape index (κ3) is 2.19. The summed E-state index contributed by atoms with van der Waals surface area (Å²) in [6.45, 7) is 1.92. The molecule has 1 fully saturated rings. The molecule has 1 N–H and O–H groups in total. The van der Waals surface area contributed by atoms with Crippen LogP contribution in [0.5, 0.6) is 5.75 Å². The van der Waals surface area contributed by atoms with Gasteiger partial charge < -0.3 is 9.84 Å². The zero-order chi connectivity index (χ0) is 13.3. The molecule has 0 unspecified atom stereocenters. The lowest BCUT2D eigenvalue weighted by atomic mass is 9.65. The highest BCUT2D eigenvalue weighted by atomic mass is 35.5. The lowest BCUT2D eigenvalue weighted by Crippen LogP contribution is -2.40. The summed E-state index contributed by atoms with van der Waals surface area (Å²) >= 11 is 6.05. The molecule has 0 amide bonds. The van der Waals surface area contributed by atoms with Crippen molar-refractivity contribution in [3.63, 3.8) is 0 Å². The van der Waals surface area contributed by atoms with E-state index in [0.29, 0.717) is 11.4 Å². The summed E-state index contributed by atoms with van der Waals surface area (Å²) in [5.74, 6) is 0.0420. The van der Waals surface area contributed by atoms with Gasteiger partial charge in [0.05, 0.1) is 12.5 Å². The van der Waals surface area contributed by atoms with Crippen molar-refractivity contribution in [2.24, 2.45) is 5.41 Å². The largest absolute Gasteiger partial charge is 0.496 e. The number of ether oxygens (including phenoxy) is 1. The van der Waals surface area contributed by atoms with Crippen LogP contribution in [0.4, 0.5) is 0 Å². The number of rotatable bonds is 4. The minimum atomic E-state index is -0.714. The molecular formula is C14H17ClO3. The topological polar surface area (TPSA) is 46.5 Å². The van der Waals surface area contributed by atoms with Crippen molar-refractivity contribution in [1.82, 2.24) is 0 Å². The fourth-order valence-corrected chi connectivity index (χ4v) is 2.95. The molecule has 0 atom stereocenters. The van der Waals surface area contributed by atoms with Gasteiger partial charge in [-0.1, -0.05) is 18.0 Å². The minimum Gasteiger partial charge on any atom is -0.496 e. The third-order valence-corrected chi connectivity index (χ3v) is 4.03. The van der Waals surface area contributed by atoms with Crippen molar-refractivity contribution in [3.05, 3.63) is 28.3 Å². The smallest absolute Gasteiger partial charge is 0.309 e. The van der Waals surface area contributed by atoms with Gasteiger partial charge >= 0.3 is 5.97 Å². The van der Waals surface area contributed by atoms with Gasteiger partial charge in [-0.25, -0.2) is 0 Å². The average molecular weight is 269 g/mol. The fraction of sp³-hybridized carbons (Fsp3) is 0.500. The molecule has 0 bridgehead atoms. The molecular weight excluding hydrogens is 252 g/mol. The molecule has 98 valence electrons. The van der Waals surface area contributed by atoms with Gasteiger partial charge in [-0.2, -0.15) is 0 Å². The Bertz CT molecular complexity index is 478. The van der Waals surface area contributed by atoms with Gasteiger partial charge in [0.15, 0.2) is 0 Å². The first kappa shape index (κ1) is 13.2. The second kappa shape index (κ2) is 4.81. The van der Waals surface area contributed by atoms with Gasteiger partial charge in [-0.3, -0.25) is 4.79 Å². The zero-order valence-corrected chi connectivity index (χ0v) is 11.4. The summed E-state index contributed by atoms with van der Waals surface area (Å²) in [5.41, 5.74) is 1.22. The first-order valence-electron chi connectivity index (χ1n) is 6.05. The second-order valence-corrected chi connectivity index (χ2v) is 5.47. The normalized spacial score (nSPS) is 17.1. The van der Waals surface area contributed by atoms with Crippen LogP contribution in [0.2, 0.25) is 5.02 Å². The number of hydrogen-bond donors (Lipinski definition) is 1. The lowest BCUT2D eigenvalue weighted by Gasteiger charge is -2.38. The predicted octanol–water partition coefficient (Wildman–Crippen LogP) is 3.45. The number of carbonyl (C=O) groups is 1. The number of methoxy groups -OCH3 is 1. The van der Waals surface area contributed by atoms with Crippen molar-refractivity contribution in [3.8, 4) is 5.75 Å². The molecule has 1 saturated carbocycles. The van der Waals surface area contributed by atoms with E-state index in [1.165, 1.54) is 0 Å². The van der Waals surface area contributed by atoms with E-state index >= 15 is 0 Å². The van der Waals surface area contributed by atoms with Crippen LogP contribution in [0.15, 0.2) is 12.1 Å². The quantitative estimate of drug-likeness (QED) is 0.910. The molecule has 1 aromatic rings. The molecule has 2 rings (SSSR count). The molecule has 1 aliphatic rings. The van der Waals surface area contributed by atoms with E-state index in [1.54, 1.807) is 7.11 Å². The number of carboxylic acids is 1. The molecule has 3 nitrogen and oxygen atoms in total.